The summed E-state index contributed by atoms with van der Waals surface area (Å²) in [6, 6.07) is 7.24. The third kappa shape index (κ3) is 3.15. The molecule has 31 heavy (non-hydrogen) atoms. The Morgan fingerprint density at radius 2 is 2.13 bits per heavy atom. The number of piperidine rings is 1. The second-order valence-electron chi connectivity index (χ2n) is 8.65. The van der Waals surface area contributed by atoms with Crippen LogP contribution in [0.1, 0.15) is 31.4 Å². The molecular weight excluding hydrogens is 397 g/mol. The highest BCUT2D eigenvalue weighted by atomic mass is 19.1. The summed E-state index contributed by atoms with van der Waals surface area (Å²) < 4.78 is 16.8. The Bertz CT molecular complexity index is 1110. The Labute approximate surface area is 179 Å². The summed E-state index contributed by atoms with van der Waals surface area (Å²) in [6.07, 6.45) is 6.99. The lowest BCUT2D eigenvalue weighted by atomic mass is 9.94. The molecule has 3 aliphatic heterocycles. The lowest BCUT2D eigenvalue weighted by Gasteiger charge is -2.42. The second-order valence-corrected chi connectivity index (χ2v) is 8.65. The molecule has 2 aromatic heterocycles. The zero-order chi connectivity index (χ0) is 20.9. The number of aromatic nitrogens is 5. The van der Waals surface area contributed by atoms with Crippen LogP contribution in [0.3, 0.4) is 0 Å². The Hall–Kier alpha value is -3.07. The van der Waals surface area contributed by atoms with Gasteiger partial charge in [0.25, 0.3) is 0 Å². The van der Waals surface area contributed by atoms with E-state index in [0.29, 0.717) is 23.2 Å². The minimum atomic E-state index is -0.912. The van der Waals surface area contributed by atoms with Gasteiger partial charge in [0.15, 0.2) is 11.6 Å². The van der Waals surface area contributed by atoms with Crippen molar-refractivity contribution in [3.8, 4) is 22.8 Å². The molecule has 0 spiro atoms. The van der Waals surface area contributed by atoms with Crippen LogP contribution in [0.15, 0.2) is 36.7 Å². The number of alkyl halides is 1. The molecule has 8 nitrogen and oxygen atoms in total. The van der Waals surface area contributed by atoms with Gasteiger partial charge < -0.3 is 15.3 Å². The van der Waals surface area contributed by atoms with Gasteiger partial charge in [-0.05, 0) is 50.3 Å². The monoisotopic (exact) mass is 421 g/mol. The first-order chi connectivity index (χ1) is 15.2. The van der Waals surface area contributed by atoms with Crippen molar-refractivity contribution in [2.75, 3.05) is 11.4 Å². The number of benzene rings is 1. The van der Waals surface area contributed by atoms with E-state index in [1.807, 2.05) is 18.3 Å². The summed E-state index contributed by atoms with van der Waals surface area (Å²) in [5.74, 6) is 1.14. The van der Waals surface area contributed by atoms with Crippen LogP contribution >= 0.6 is 0 Å². The van der Waals surface area contributed by atoms with Crippen LogP contribution < -0.4 is 10.2 Å². The van der Waals surface area contributed by atoms with E-state index in [4.69, 9.17) is 4.98 Å². The molecule has 0 aliphatic carbocycles. The topological polar surface area (TPSA) is 92.0 Å². The number of hydrogen-bond acceptors (Lipinski definition) is 7. The number of phenolic OH excluding ortho intramolecular Hbond substituents is 1. The molecule has 1 aromatic carbocycles. The van der Waals surface area contributed by atoms with Gasteiger partial charge in [-0.3, -0.25) is 0 Å². The minimum absolute atomic E-state index is 0.0560. The number of rotatable bonds is 3. The Balaban J connectivity index is 1.31. The molecule has 2 bridgehead atoms. The third-order valence-corrected chi connectivity index (χ3v) is 6.77. The number of fused-ring (bicyclic) bond motifs is 3. The van der Waals surface area contributed by atoms with Crippen LogP contribution in [0.2, 0.25) is 0 Å². The average Bonchev–Trinajstić information content (AvgIpc) is 3.46. The van der Waals surface area contributed by atoms with E-state index in [-0.39, 0.29) is 17.8 Å². The molecule has 0 radical (unpaired) electrons. The molecule has 160 valence electrons. The molecule has 0 saturated carbocycles. The summed E-state index contributed by atoms with van der Waals surface area (Å²) in [5.41, 5.74) is 2.09. The van der Waals surface area contributed by atoms with E-state index in [2.05, 4.69) is 25.5 Å². The second kappa shape index (κ2) is 7.26. The first-order valence-corrected chi connectivity index (χ1v) is 10.9. The van der Waals surface area contributed by atoms with Gasteiger partial charge in [-0.1, -0.05) is 0 Å². The molecule has 2 N–H and O–H groups in total. The van der Waals surface area contributed by atoms with Crippen LogP contribution in [0.25, 0.3) is 17.1 Å². The number of nitrogens with zero attached hydrogens (tertiary/aromatic N) is 6. The predicted octanol–water partition coefficient (Wildman–Crippen LogP) is 2.41. The molecular formula is C22H24FN7O. The first-order valence-electron chi connectivity index (χ1n) is 10.9. The fraction of sp³-hybridized carbons (Fsp3) is 0.455. The van der Waals surface area contributed by atoms with Crippen LogP contribution in [0.5, 0.6) is 5.75 Å². The number of hydrogen-bond donors (Lipinski definition) is 2. The Kier molecular flexibility index (Phi) is 4.38. The van der Waals surface area contributed by atoms with Crippen molar-refractivity contribution in [1.29, 1.82) is 0 Å². The fourth-order valence-corrected chi connectivity index (χ4v) is 5.25. The van der Waals surface area contributed by atoms with Gasteiger partial charge in [-0.15, -0.1) is 10.2 Å². The normalized spacial score (nSPS) is 27.3. The molecule has 6 rings (SSSR count). The maximum Gasteiger partial charge on any atom is 0.185 e. The SMILES string of the molecule is Oc1cc(-n2cccn2)ccc1-c1nnc2c(n1)CCCN2[C@H]1C[C@@H]2CC[C@@H](N2)[C@H]1F. The van der Waals surface area contributed by atoms with Gasteiger partial charge in [0.2, 0.25) is 0 Å². The average molecular weight is 421 g/mol. The molecule has 5 heterocycles. The van der Waals surface area contributed by atoms with Crippen molar-refractivity contribution in [3.63, 3.8) is 0 Å². The zero-order valence-corrected chi connectivity index (χ0v) is 17.0. The van der Waals surface area contributed by atoms with Crippen molar-refractivity contribution in [2.45, 2.75) is 56.4 Å². The van der Waals surface area contributed by atoms with Crippen LogP contribution in [0.4, 0.5) is 10.2 Å². The number of aryl methyl sites for hydroxylation is 1. The van der Waals surface area contributed by atoms with Gasteiger partial charge in [-0.2, -0.15) is 5.10 Å². The van der Waals surface area contributed by atoms with Crippen LogP contribution in [-0.2, 0) is 6.42 Å². The standard InChI is InChI=1S/C22H24FN7O/c23-20-16-7-4-13(25-16)11-18(20)29-9-1-3-17-22(29)28-27-21(26-17)15-6-5-14(12-19(15)31)30-10-2-8-24-30/h2,5-6,8,10,12-13,16,18,20,25,31H,1,3-4,7,9,11H2/t13-,16+,18-,20+/m0/s1. The molecule has 3 aromatic rings. The summed E-state index contributed by atoms with van der Waals surface area (Å²) in [6.45, 7) is 0.775. The summed E-state index contributed by atoms with van der Waals surface area (Å²) in [5, 5.41) is 27.0. The molecule has 9 heteroatoms. The molecule has 3 aliphatic rings. The van der Waals surface area contributed by atoms with Crippen LogP contribution in [-0.4, -0.2) is 60.9 Å². The molecule has 0 amide bonds. The largest absolute Gasteiger partial charge is 0.507 e. The third-order valence-electron chi connectivity index (χ3n) is 6.77. The van der Waals surface area contributed by atoms with Crippen molar-refractivity contribution in [3.05, 3.63) is 42.4 Å². The highest BCUT2D eigenvalue weighted by Gasteiger charge is 2.45. The zero-order valence-electron chi connectivity index (χ0n) is 17.0. The molecule has 2 fully saturated rings. The quantitative estimate of drug-likeness (QED) is 0.671. The van der Waals surface area contributed by atoms with Crippen LogP contribution in [0, 0.1) is 0 Å². The molecule has 2 saturated heterocycles. The molecule has 0 unspecified atom stereocenters. The maximum absolute atomic E-state index is 15.2. The van der Waals surface area contributed by atoms with Gasteiger partial charge in [0.1, 0.15) is 11.9 Å². The van der Waals surface area contributed by atoms with Crippen molar-refractivity contribution in [2.24, 2.45) is 0 Å². The van der Waals surface area contributed by atoms with Crippen molar-refractivity contribution in [1.82, 2.24) is 30.3 Å². The van der Waals surface area contributed by atoms with E-state index in [1.165, 1.54) is 0 Å². The highest BCUT2D eigenvalue weighted by molar-refractivity contribution is 5.66. The number of aromatic hydroxyl groups is 1. The lowest BCUT2D eigenvalue weighted by molar-refractivity contribution is 0.171. The van der Waals surface area contributed by atoms with Gasteiger partial charge in [-0.25, -0.2) is 14.1 Å². The number of phenols is 1. The number of anilines is 1. The maximum atomic E-state index is 15.2. The van der Waals surface area contributed by atoms with E-state index in [9.17, 15) is 5.11 Å². The minimum Gasteiger partial charge on any atom is -0.507 e. The first kappa shape index (κ1) is 18.7. The summed E-state index contributed by atoms with van der Waals surface area (Å²) >= 11 is 0. The number of nitrogens with one attached hydrogen (secondary N) is 1. The Morgan fingerprint density at radius 3 is 2.97 bits per heavy atom. The summed E-state index contributed by atoms with van der Waals surface area (Å²) in [7, 11) is 0. The Morgan fingerprint density at radius 1 is 1.19 bits per heavy atom. The molecule has 4 atom stereocenters. The van der Waals surface area contributed by atoms with Crippen molar-refractivity contribution < 1.29 is 9.50 Å². The fourth-order valence-electron chi connectivity index (χ4n) is 5.25. The summed E-state index contributed by atoms with van der Waals surface area (Å²) in [4.78, 5) is 6.81. The van der Waals surface area contributed by atoms with Crippen molar-refractivity contribution >= 4 is 5.82 Å². The van der Waals surface area contributed by atoms with Gasteiger partial charge in [0.05, 0.1) is 23.0 Å². The predicted molar refractivity (Wildman–Crippen MR) is 113 cm³/mol. The van der Waals surface area contributed by atoms with Gasteiger partial charge in [0, 0.05) is 37.1 Å². The van der Waals surface area contributed by atoms with E-state index in [0.717, 1.165) is 50.0 Å². The number of halogens is 1. The smallest absolute Gasteiger partial charge is 0.185 e. The van der Waals surface area contributed by atoms with E-state index < -0.39 is 6.17 Å². The highest BCUT2D eigenvalue weighted by Crippen LogP contribution is 2.37. The van der Waals surface area contributed by atoms with Gasteiger partial charge >= 0.3 is 0 Å². The van der Waals surface area contributed by atoms with E-state index >= 15 is 4.39 Å². The van der Waals surface area contributed by atoms with E-state index in [1.54, 1.807) is 23.0 Å². The lowest BCUT2D eigenvalue weighted by Crippen LogP contribution is -2.57.